The van der Waals surface area contributed by atoms with E-state index in [1.54, 1.807) is 0 Å². The zero-order valence-electron chi connectivity index (χ0n) is 9.94. The van der Waals surface area contributed by atoms with Gasteiger partial charge in [0.05, 0.1) is 0 Å². The number of hydrogen-bond acceptors (Lipinski definition) is 1. The summed E-state index contributed by atoms with van der Waals surface area (Å²) in [5.74, 6) is 3.62. The fourth-order valence-electron chi connectivity index (χ4n) is 5.17. The maximum absolute atomic E-state index is 12.7. The van der Waals surface area contributed by atoms with E-state index in [9.17, 15) is 4.21 Å². The van der Waals surface area contributed by atoms with Crippen molar-refractivity contribution in [3.8, 4) is 0 Å². The smallest absolute Gasteiger partial charge is 0.0381 e. The third-order valence-electron chi connectivity index (χ3n) is 5.94. The van der Waals surface area contributed by atoms with Crippen molar-refractivity contribution < 1.29 is 4.21 Å². The molecule has 0 aromatic carbocycles. The van der Waals surface area contributed by atoms with Crippen LogP contribution in [0.25, 0.3) is 0 Å². The van der Waals surface area contributed by atoms with Crippen LogP contribution in [0.15, 0.2) is 0 Å². The normalized spacial score (nSPS) is 56.0. The number of rotatable bonds is 2. The monoisotopic (exact) mass is 238 g/mol. The van der Waals surface area contributed by atoms with Crippen molar-refractivity contribution in [2.45, 2.75) is 61.9 Å². The van der Waals surface area contributed by atoms with Gasteiger partial charge in [-0.3, -0.25) is 4.21 Å². The molecule has 0 aromatic heterocycles. The van der Waals surface area contributed by atoms with E-state index in [4.69, 9.17) is 0 Å². The first kappa shape index (κ1) is 10.1. The van der Waals surface area contributed by atoms with Gasteiger partial charge < -0.3 is 0 Å². The van der Waals surface area contributed by atoms with Crippen LogP contribution < -0.4 is 0 Å². The molecule has 90 valence electrons. The molecule has 0 aromatic rings. The lowest BCUT2D eigenvalue weighted by Crippen LogP contribution is -2.33. The molecule has 0 N–H and O–H groups in total. The summed E-state index contributed by atoms with van der Waals surface area (Å²) in [7, 11) is -0.470. The molecule has 4 fully saturated rings. The Kier molecular flexibility index (Phi) is 2.26. The van der Waals surface area contributed by atoms with Crippen LogP contribution >= 0.6 is 0 Å². The summed E-state index contributed by atoms with van der Waals surface area (Å²) in [6.45, 7) is 0. The van der Waals surface area contributed by atoms with E-state index >= 15 is 0 Å². The molecular formula is C14H22OS. The van der Waals surface area contributed by atoms with Crippen LogP contribution in [0.5, 0.6) is 0 Å². The van der Waals surface area contributed by atoms with Crippen LogP contribution in [0.4, 0.5) is 0 Å². The van der Waals surface area contributed by atoms with E-state index in [1.165, 1.54) is 51.4 Å². The van der Waals surface area contributed by atoms with Crippen molar-refractivity contribution >= 4 is 10.8 Å². The van der Waals surface area contributed by atoms with E-state index in [0.717, 1.165) is 23.7 Å². The summed E-state index contributed by atoms with van der Waals surface area (Å²) >= 11 is 0. The van der Waals surface area contributed by atoms with Crippen LogP contribution in [0.1, 0.15) is 51.4 Å². The van der Waals surface area contributed by atoms with Crippen molar-refractivity contribution in [2.75, 3.05) is 0 Å². The third kappa shape index (κ3) is 1.38. The molecule has 1 nitrogen and oxygen atoms in total. The highest BCUT2D eigenvalue weighted by Gasteiger charge is 2.49. The molecule has 6 unspecified atom stereocenters. The van der Waals surface area contributed by atoms with Crippen molar-refractivity contribution in [2.24, 2.45) is 23.7 Å². The average Bonchev–Trinajstić information content (AvgIpc) is 3.06. The molecule has 4 aliphatic rings. The Morgan fingerprint density at radius 3 is 1.50 bits per heavy atom. The molecule has 0 radical (unpaired) electrons. The second-order valence-corrected chi connectivity index (χ2v) is 8.62. The summed E-state index contributed by atoms with van der Waals surface area (Å²) in [6.07, 6.45) is 11.1. The number of hydrogen-bond donors (Lipinski definition) is 0. The maximum Gasteiger partial charge on any atom is 0.0381 e. The second kappa shape index (κ2) is 3.57. The second-order valence-electron chi connectivity index (χ2n) is 6.76. The van der Waals surface area contributed by atoms with E-state index in [-0.39, 0.29) is 0 Å². The van der Waals surface area contributed by atoms with Gasteiger partial charge in [0.15, 0.2) is 0 Å². The van der Waals surface area contributed by atoms with Gasteiger partial charge >= 0.3 is 0 Å². The average molecular weight is 238 g/mol. The summed E-state index contributed by atoms with van der Waals surface area (Å²) in [5.41, 5.74) is 0. The molecule has 0 saturated heterocycles. The molecule has 4 aliphatic carbocycles. The lowest BCUT2D eigenvalue weighted by molar-refractivity contribution is 0.454. The third-order valence-corrected chi connectivity index (χ3v) is 8.29. The quantitative estimate of drug-likeness (QED) is 0.722. The Hall–Kier alpha value is 0.150. The van der Waals surface area contributed by atoms with Crippen molar-refractivity contribution in [1.29, 1.82) is 0 Å². The van der Waals surface area contributed by atoms with Gasteiger partial charge in [-0.2, -0.15) is 0 Å². The molecule has 0 amide bonds. The molecule has 6 atom stereocenters. The molecule has 0 aliphatic heterocycles. The van der Waals surface area contributed by atoms with Gasteiger partial charge in [0.2, 0.25) is 0 Å². The predicted molar refractivity (Wildman–Crippen MR) is 66.6 cm³/mol. The van der Waals surface area contributed by atoms with Crippen molar-refractivity contribution in [3.05, 3.63) is 0 Å². The van der Waals surface area contributed by atoms with Gasteiger partial charge in [0.25, 0.3) is 0 Å². The fraction of sp³-hybridized carbons (Fsp3) is 1.00. The Labute approximate surface area is 101 Å². The zero-order valence-corrected chi connectivity index (χ0v) is 10.8. The van der Waals surface area contributed by atoms with E-state index in [2.05, 4.69) is 0 Å². The molecule has 4 bridgehead atoms. The lowest BCUT2D eigenvalue weighted by Gasteiger charge is -2.28. The van der Waals surface area contributed by atoms with Crippen LogP contribution in [0, 0.1) is 23.7 Å². The first-order chi connectivity index (χ1) is 7.81. The molecule has 2 heteroatoms. The van der Waals surface area contributed by atoms with Gasteiger partial charge in [-0.1, -0.05) is 12.8 Å². The van der Waals surface area contributed by atoms with Gasteiger partial charge in [-0.15, -0.1) is 0 Å². The summed E-state index contributed by atoms with van der Waals surface area (Å²) in [6, 6.07) is 0. The highest BCUT2D eigenvalue weighted by Crippen LogP contribution is 2.52. The first-order valence-electron chi connectivity index (χ1n) is 7.20. The van der Waals surface area contributed by atoms with Crippen LogP contribution in [0.3, 0.4) is 0 Å². The van der Waals surface area contributed by atoms with Crippen molar-refractivity contribution in [1.82, 2.24) is 0 Å². The maximum atomic E-state index is 12.7. The van der Waals surface area contributed by atoms with Crippen molar-refractivity contribution in [3.63, 3.8) is 0 Å². The Balaban J connectivity index is 1.50. The van der Waals surface area contributed by atoms with E-state index in [1.807, 2.05) is 0 Å². The SMILES string of the molecule is O=S(C1CC2CCC1C2)C1CC2CCC1C2. The Bertz CT molecular complexity index is 297. The van der Waals surface area contributed by atoms with Gasteiger partial charge in [0.1, 0.15) is 0 Å². The zero-order chi connectivity index (χ0) is 10.7. The Morgan fingerprint density at radius 1 is 0.688 bits per heavy atom. The molecule has 16 heavy (non-hydrogen) atoms. The molecule has 4 saturated carbocycles. The highest BCUT2D eigenvalue weighted by atomic mass is 32.2. The lowest BCUT2D eigenvalue weighted by atomic mass is 10.00. The number of fused-ring (bicyclic) bond motifs is 4. The Morgan fingerprint density at radius 2 is 1.19 bits per heavy atom. The highest BCUT2D eigenvalue weighted by molar-refractivity contribution is 7.86. The van der Waals surface area contributed by atoms with Gasteiger partial charge in [0, 0.05) is 21.3 Å². The molecule has 0 spiro atoms. The van der Waals surface area contributed by atoms with E-state index in [0.29, 0.717) is 10.5 Å². The molecule has 4 rings (SSSR count). The minimum absolute atomic E-state index is 0.470. The van der Waals surface area contributed by atoms with Crippen LogP contribution in [-0.2, 0) is 10.8 Å². The fourth-order valence-corrected chi connectivity index (χ4v) is 7.79. The van der Waals surface area contributed by atoms with Crippen LogP contribution in [0.2, 0.25) is 0 Å². The largest absolute Gasteiger partial charge is 0.259 e. The topological polar surface area (TPSA) is 17.1 Å². The summed E-state index contributed by atoms with van der Waals surface area (Å²) < 4.78 is 12.7. The summed E-state index contributed by atoms with van der Waals surface area (Å²) in [5, 5.41) is 1.23. The van der Waals surface area contributed by atoms with Gasteiger partial charge in [-0.05, 0) is 62.2 Å². The minimum atomic E-state index is -0.470. The van der Waals surface area contributed by atoms with Gasteiger partial charge in [-0.25, -0.2) is 0 Å². The van der Waals surface area contributed by atoms with Crippen LogP contribution in [-0.4, -0.2) is 14.7 Å². The molecule has 0 heterocycles. The predicted octanol–water partition coefficient (Wildman–Crippen LogP) is 3.11. The minimum Gasteiger partial charge on any atom is -0.259 e. The summed E-state index contributed by atoms with van der Waals surface area (Å²) in [4.78, 5) is 0. The van der Waals surface area contributed by atoms with E-state index < -0.39 is 10.8 Å². The molecular weight excluding hydrogens is 216 g/mol. The standard InChI is InChI=1S/C14H22OS/c15-16(13-7-9-1-3-11(13)5-9)14-8-10-2-4-12(14)6-10/h9-14H,1-8H2. The first-order valence-corrected chi connectivity index (χ1v) is 8.48.